The summed E-state index contributed by atoms with van der Waals surface area (Å²) >= 11 is 0. The molecule has 0 saturated carbocycles. The van der Waals surface area contributed by atoms with Gasteiger partial charge in [-0.05, 0) is 26.0 Å². The Labute approximate surface area is 110 Å². The van der Waals surface area contributed by atoms with Crippen molar-refractivity contribution in [2.75, 3.05) is 11.4 Å². The number of aryl methyl sites for hydroxylation is 1. The van der Waals surface area contributed by atoms with Gasteiger partial charge in [-0.25, -0.2) is 4.79 Å². The van der Waals surface area contributed by atoms with Crippen LogP contribution in [0.3, 0.4) is 0 Å². The van der Waals surface area contributed by atoms with Crippen LogP contribution in [0, 0.1) is 6.92 Å². The fraction of sp³-hybridized carbons (Fsp3) is 0.308. The summed E-state index contributed by atoms with van der Waals surface area (Å²) in [6.45, 7) is 5.04. The van der Waals surface area contributed by atoms with Crippen molar-refractivity contribution >= 4 is 12.0 Å². The molecule has 6 heteroatoms. The molecule has 1 N–H and O–H groups in total. The van der Waals surface area contributed by atoms with E-state index in [9.17, 15) is 4.79 Å². The molecule has 2 aromatic heterocycles. The van der Waals surface area contributed by atoms with Gasteiger partial charge in [-0.15, -0.1) is 0 Å². The molecule has 0 aliphatic carbocycles. The number of hydrogen-bond donors (Lipinski definition) is 1. The Morgan fingerprint density at radius 2 is 2.21 bits per heavy atom. The first kappa shape index (κ1) is 13.1. The van der Waals surface area contributed by atoms with Crippen LogP contribution in [0.25, 0.3) is 0 Å². The van der Waals surface area contributed by atoms with Gasteiger partial charge in [-0.2, -0.15) is 4.98 Å². The molecule has 0 radical (unpaired) electrons. The van der Waals surface area contributed by atoms with Gasteiger partial charge in [0.25, 0.3) is 6.01 Å². The first-order valence-corrected chi connectivity index (χ1v) is 5.96. The Morgan fingerprint density at radius 1 is 1.42 bits per heavy atom. The van der Waals surface area contributed by atoms with Gasteiger partial charge in [-0.3, -0.25) is 4.98 Å². The van der Waals surface area contributed by atoms with Gasteiger partial charge >= 0.3 is 5.97 Å². The van der Waals surface area contributed by atoms with E-state index < -0.39 is 5.97 Å². The first-order chi connectivity index (χ1) is 9.10. The smallest absolute Gasteiger partial charge is 0.357 e. The molecule has 0 atom stereocenters. The number of nitrogens with zero attached hydrogens (tertiary/aromatic N) is 3. The third-order valence-corrected chi connectivity index (χ3v) is 2.66. The standard InChI is InChI=1S/C13H15N3O3/c1-3-16(7-10-6-4-5-9(2)14-10)13-15-11(8-19-13)12(17)18/h4-6,8H,3,7H2,1-2H3,(H,17,18). The van der Waals surface area contributed by atoms with Crippen molar-refractivity contribution in [3.63, 3.8) is 0 Å². The van der Waals surface area contributed by atoms with Crippen LogP contribution in [0.15, 0.2) is 28.9 Å². The van der Waals surface area contributed by atoms with Gasteiger partial charge < -0.3 is 14.4 Å². The summed E-state index contributed by atoms with van der Waals surface area (Å²) in [5.74, 6) is -1.10. The molecular formula is C13H15N3O3. The molecular weight excluding hydrogens is 246 g/mol. The zero-order valence-electron chi connectivity index (χ0n) is 10.8. The largest absolute Gasteiger partial charge is 0.476 e. The lowest BCUT2D eigenvalue weighted by atomic mass is 10.3. The number of carbonyl (C=O) groups is 1. The minimum Gasteiger partial charge on any atom is -0.476 e. The summed E-state index contributed by atoms with van der Waals surface area (Å²) in [6, 6.07) is 6.07. The highest BCUT2D eigenvalue weighted by atomic mass is 16.4. The van der Waals surface area contributed by atoms with Crippen molar-refractivity contribution in [2.45, 2.75) is 20.4 Å². The molecule has 2 heterocycles. The molecule has 0 amide bonds. The fourth-order valence-electron chi connectivity index (χ4n) is 1.71. The summed E-state index contributed by atoms with van der Waals surface area (Å²) in [7, 11) is 0. The summed E-state index contributed by atoms with van der Waals surface area (Å²) in [5, 5.41) is 8.83. The van der Waals surface area contributed by atoms with Gasteiger partial charge in [-0.1, -0.05) is 6.07 Å². The van der Waals surface area contributed by atoms with E-state index >= 15 is 0 Å². The zero-order valence-corrected chi connectivity index (χ0v) is 10.8. The number of oxazole rings is 1. The molecule has 0 spiro atoms. The van der Waals surface area contributed by atoms with E-state index in [1.165, 1.54) is 0 Å². The van der Waals surface area contributed by atoms with Gasteiger partial charge in [0, 0.05) is 12.2 Å². The number of aromatic nitrogens is 2. The number of hydrogen-bond acceptors (Lipinski definition) is 5. The number of carboxylic acids is 1. The van der Waals surface area contributed by atoms with Crippen LogP contribution >= 0.6 is 0 Å². The van der Waals surface area contributed by atoms with Crippen LogP contribution in [-0.4, -0.2) is 27.6 Å². The Morgan fingerprint density at radius 3 is 2.79 bits per heavy atom. The average Bonchev–Trinajstić information content (AvgIpc) is 2.85. The molecule has 100 valence electrons. The normalized spacial score (nSPS) is 10.4. The van der Waals surface area contributed by atoms with Gasteiger partial charge in [0.1, 0.15) is 6.26 Å². The SMILES string of the molecule is CCN(Cc1cccc(C)n1)c1nc(C(=O)O)co1. The van der Waals surface area contributed by atoms with E-state index in [-0.39, 0.29) is 5.69 Å². The summed E-state index contributed by atoms with van der Waals surface area (Å²) in [4.78, 5) is 20.9. The molecule has 0 aliphatic rings. The van der Waals surface area contributed by atoms with E-state index in [4.69, 9.17) is 9.52 Å². The topological polar surface area (TPSA) is 79.5 Å². The second-order valence-electron chi connectivity index (χ2n) is 4.10. The third kappa shape index (κ3) is 3.09. The van der Waals surface area contributed by atoms with Crippen molar-refractivity contribution in [1.29, 1.82) is 0 Å². The van der Waals surface area contributed by atoms with E-state index in [0.29, 0.717) is 19.1 Å². The van der Waals surface area contributed by atoms with E-state index in [1.807, 2.05) is 36.9 Å². The number of anilines is 1. The Kier molecular flexibility index (Phi) is 3.79. The highest BCUT2D eigenvalue weighted by molar-refractivity contribution is 5.85. The number of pyridine rings is 1. The zero-order chi connectivity index (χ0) is 13.8. The molecule has 19 heavy (non-hydrogen) atoms. The predicted molar refractivity (Wildman–Crippen MR) is 69.2 cm³/mol. The predicted octanol–water partition coefficient (Wildman–Crippen LogP) is 2.10. The highest BCUT2D eigenvalue weighted by Gasteiger charge is 2.15. The maximum absolute atomic E-state index is 10.8. The number of rotatable bonds is 5. The molecule has 0 aromatic carbocycles. The van der Waals surface area contributed by atoms with Crippen LogP contribution < -0.4 is 4.90 Å². The first-order valence-electron chi connectivity index (χ1n) is 5.96. The van der Waals surface area contributed by atoms with Crippen LogP contribution in [0.4, 0.5) is 6.01 Å². The maximum atomic E-state index is 10.8. The van der Waals surface area contributed by atoms with Gasteiger partial charge in [0.2, 0.25) is 0 Å². The number of carboxylic acid groups (broad SMARTS) is 1. The van der Waals surface area contributed by atoms with E-state index in [2.05, 4.69) is 9.97 Å². The lowest BCUT2D eigenvalue weighted by molar-refractivity contribution is 0.0690. The summed E-state index contributed by atoms with van der Waals surface area (Å²) in [5.41, 5.74) is 1.73. The second-order valence-corrected chi connectivity index (χ2v) is 4.10. The third-order valence-electron chi connectivity index (χ3n) is 2.66. The monoisotopic (exact) mass is 261 g/mol. The van der Waals surface area contributed by atoms with Crippen molar-refractivity contribution in [3.05, 3.63) is 41.5 Å². The molecule has 0 aliphatic heterocycles. The Balaban J connectivity index is 2.17. The molecule has 0 bridgehead atoms. The minimum absolute atomic E-state index is 0.0920. The van der Waals surface area contributed by atoms with E-state index in [0.717, 1.165) is 17.7 Å². The van der Waals surface area contributed by atoms with E-state index in [1.54, 1.807) is 0 Å². The maximum Gasteiger partial charge on any atom is 0.357 e. The molecule has 2 aromatic rings. The molecule has 0 unspecified atom stereocenters. The molecule has 2 rings (SSSR count). The average molecular weight is 261 g/mol. The van der Waals surface area contributed by atoms with Crippen LogP contribution in [0.5, 0.6) is 0 Å². The second kappa shape index (κ2) is 5.51. The van der Waals surface area contributed by atoms with Crippen LogP contribution in [0.1, 0.15) is 28.8 Å². The van der Waals surface area contributed by atoms with Gasteiger partial charge in [0.15, 0.2) is 5.69 Å². The Hall–Kier alpha value is -2.37. The van der Waals surface area contributed by atoms with Crippen LogP contribution in [-0.2, 0) is 6.54 Å². The van der Waals surface area contributed by atoms with Gasteiger partial charge in [0.05, 0.1) is 12.2 Å². The quantitative estimate of drug-likeness (QED) is 0.887. The lowest BCUT2D eigenvalue weighted by Crippen LogP contribution is -2.23. The number of aromatic carboxylic acids is 1. The van der Waals surface area contributed by atoms with Crippen molar-refractivity contribution < 1.29 is 14.3 Å². The fourth-order valence-corrected chi connectivity index (χ4v) is 1.71. The molecule has 6 nitrogen and oxygen atoms in total. The van der Waals surface area contributed by atoms with Crippen molar-refractivity contribution in [3.8, 4) is 0 Å². The lowest BCUT2D eigenvalue weighted by Gasteiger charge is -2.17. The Bertz CT molecular complexity index is 580. The molecule has 0 saturated heterocycles. The van der Waals surface area contributed by atoms with Crippen molar-refractivity contribution in [2.24, 2.45) is 0 Å². The summed E-state index contributed by atoms with van der Waals surface area (Å²) < 4.78 is 5.19. The van der Waals surface area contributed by atoms with Crippen molar-refractivity contribution in [1.82, 2.24) is 9.97 Å². The summed E-state index contributed by atoms with van der Waals surface area (Å²) in [6.07, 6.45) is 1.14. The molecule has 0 fully saturated rings. The minimum atomic E-state index is -1.10. The highest BCUT2D eigenvalue weighted by Crippen LogP contribution is 2.16. The van der Waals surface area contributed by atoms with Crippen LogP contribution in [0.2, 0.25) is 0 Å².